The molecule has 0 aliphatic carbocycles. The highest BCUT2D eigenvalue weighted by molar-refractivity contribution is 7.88. The third-order valence-corrected chi connectivity index (χ3v) is 6.73. The Labute approximate surface area is 139 Å². The van der Waals surface area contributed by atoms with Crippen molar-refractivity contribution in [1.82, 2.24) is 9.29 Å². The molecule has 2 heterocycles. The summed E-state index contributed by atoms with van der Waals surface area (Å²) in [7, 11) is -3.12. The quantitative estimate of drug-likeness (QED) is 0.827. The van der Waals surface area contributed by atoms with Gasteiger partial charge in [0.2, 0.25) is 10.0 Å². The average molecular weight is 360 g/mol. The van der Waals surface area contributed by atoms with Crippen LogP contribution in [-0.2, 0) is 10.0 Å². The van der Waals surface area contributed by atoms with Crippen LogP contribution in [0.5, 0.6) is 0 Å². The Hall–Kier alpha value is -0.890. The maximum Gasteiger partial charge on any atom is 0.211 e. The third-order valence-electron chi connectivity index (χ3n) is 3.93. The molecular formula is C14H18ClN3O2S2. The molecule has 1 saturated heterocycles. The molecule has 22 heavy (non-hydrogen) atoms. The van der Waals surface area contributed by atoms with Crippen LogP contribution in [0.25, 0.3) is 10.2 Å². The molecule has 0 unspecified atom stereocenters. The van der Waals surface area contributed by atoms with E-state index in [0.29, 0.717) is 19.6 Å². The fourth-order valence-corrected chi connectivity index (χ4v) is 4.74. The summed E-state index contributed by atoms with van der Waals surface area (Å²) in [5.41, 5.74) is 1.94. The van der Waals surface area contributed by atoms with Crippen molar-refractivity contribution in [3.8, 4) is 0 Å². The summed E-state index contributed by atoms with van der Waals surface area (Å²) >= 11 is 7.79. The van der Waals surface area contributed by atoms with Crippen molar-refractivity contribution in [2.45, 2.75) is 13.3 Å². The van der Waals surface area contributed by atoms with Crippen molar-refractivity contribution in [2.75, 3.05) is 37.3 Å². The SMILES string of the molecule is Cc1c(Cl)ccc2sc(N3CCCN(S(C)(=O)=O)CC3)nc12. The predicted octanol–water partition coefficient (Wildman–Crippen LogP) is 2.73. The molecule has 0 saturated carbocycles. The zero-order valence-electron chi connectivity index (χ0n) is 12.5. The molecule has 0 spiro atoms. The number of hydrogen-bond donors (Lipinski definition) is 0. The van der Waals surface area contributed by atoms with Gasteiger partial charge in [-0.05, 0) is 31.0 Å². The minimum Gasteiger partial charge on any atom is -0.347 e. The molecule has 1 aromatic heterocycles. The number of aromatic nitrogens is 1. The third kappa shape index (κ3) is 3.08. The molecule has 2 aromatic rings. The second-order valence-electron chi connectivity index (χ2n) is 5.52. The van der Waals surface area contributed by atoms with E-state index in [1.165, 1.54) is 6.26 Å². The lowest BCUT2D eigenvalue weighted by molar-refractivity contribution is 0.437. The number of thiazole rings is 1. The van der Waals surface area contributed by atoms with E-state index in [1.54, 1.807) is 15.6 Å². The first-order valence-electron chi connectivity index (χ1n) is 7.12. The van der Waals surface area contributed by atoms with E-state index in [-0.39, 0.29) is 0 Å². The standard InChI is InChI=1S/C14H18ClN3O2S2/c1-10-11(15)4-5-12-13(10)16-14(21-12)17-6-3-7-18(9-8-17)22(2,19)20/h4-5H,3,6-9H2,1-2H3. The smallest absolute Gasteiger partial charge is 0.211 e. The highest BCUT2D eigenvalue weighted by atomic mass is 35.5. The number of anilines is 1. The van der Waals surface area contributed by atoms with Crippen LogP contribution in [0, 0.1) is 6.92 Å². The largest absolute Gasteiger partial charge is 0.347 e. The van der Waals surface area contributed by atoms with Gasteiger partial charge in [-0.2, -0.15) is 0 Å². The van der Waals surface area contributed by atoms with Crippen LogP contribution in [0.1, 0.15) is 12.0 Å². The fraction of sp³-hybridized carbons (Fsp3) is 0.500. The van der Waals surface area contributed by atoms with Crippen LogP contribution in [-0.4, -0.2) is 50.1 Å². The van der Waals surface area contributed by atoms with Crippen LogP contribution in [0.2, 0.25) is 5.02 Å². The molecule has 1 aliphatic heterocycles. The van der Waals surface area contributed by atoms with Crippen LogP contribution < -0.4 is 4.90 Å². The van der Waals surface area contributed by atoms with Gasteiger partial charge < -0.3 is 4.90 Å². The van der Waals surface area contributed by atoms with Crippen LogP contribution in [0.15, 0.2) is 12.1 Å². The van der Waals surface area contributed by atoms with E-state index in [9.17, 15) is 8.42 Å². The van der Waals surface area contributed by atoms with Crippen molar-refractivity contribution < 1.29 is 8.42 Å². The summed E-state index contributed by atoms with van der Waals surface area (Å²) in [6.07, 6.45) is 2.08. The molecule has 1 aliphatic rings. The minimum absolute atomic E-state index is 0.508. The fourth-order valence-electron chi connectivity index (χ4n) is 2.64. The minimum atomic E-state index is -3.12. The topological polar surface area (TPSA) is 53.5 Å². The highest BCUT2D eigenvalue weighted by Gasteiger charge is 2.23. The molecule has 1 fully saturated rings. The molecule has 8 heteroatoms. The van der Waals surface area contributed by atoms with Gasteiger partial charge in [-0.25, -0.2) is 17.7 Å². The second-order valence-corrected chi connectivity index (χ2v) is 8.92. The Morgan fingerprint density at radius 1 is 1.23 bits per heavy atom. The lowest BCUT2D eigenvalue weighted by Gasteiger charge is -2.19. The molecule has 120 valence electrons. The van der Waals surface area contributed by atoms with Gasteiger partial charge >= 0.3 is 0 Å². The Morgan fingerprint density at radius 3 is 2.73 bits per heavy atom. The zero-order valence-corrected chi connectivity index (χ0v) is 14.9. The summed E-state index contributed by atoms with van der Waals surface area (Å²) in [6, 6.07) is 3.89. The molecule has 0 amide bonds. The van der Waals surface area contributed by atoms with Crippen LogP contribution >= 0.6 is 22.9 Å². The van der Waals surface area contributed by atoms with Crippen LogP contribution in [0.3, 0.4) is 0 Å². The van der Waals surface area contributed by atoms with Crippen molar-refractivity contribution in [2.24, 2.45) is 0 Å². The van der Waals surface area contributed by atoms with E-state index in [4.69, 9.17) is 16.6 Å². The summed E-state index contributed by atoms with van der Waals surface area (Å²) in [4.78, 5) is 6.89. The summed E-state index contributed by atoms with van der Waals surface area (Å²) in [5, 5.41) is 1.67. The van der Waals surface area contributed by atoms with Gasteiger partial charge in [-0.3, -0.25) is 0 Å². The highest BCUT2D eigenvalue weighted by Crippen LogP contribution is 2.33. The van der Waals surface area contributed by atoms with Crippen molar-refractivity contribution >= 4 is 48.3 Å². The van der Waals surface area contributed by atoms with Gasteiger partial charge in [0.15, 0.2) is 5.13 Å². The van der Waals surface area contributed by atoms with Crippen molar-refractivity contribution in [1.29, 1.82) is 0 Å². The van der Waals surface area contributed by atoms with E-state index < -0.39 is 10.0 Å². The molecular weight excluding hydrogens is 342 g/mol. The van der Waals surface area contributed by atoms with E-state index in [2.05, 4.69) is 4.90 Å². The van der Waals surface area contributed by atoms with Gasteiger partial charge in [-0.15, -0.1) is 0 Å². The molecule has 0 atom stereocenters. The van der Waals surface area contributed by atoms with E-state index >= 15 is 0 Å². The lowest BCUT2D eigenvalue weighted by atomic mass is 10.2. The van der Waals surface area contributed by atoms with Gasteiger partial charge in [0.05, 0.1) is 16.5 Å². The Bertz CT molecular complexity index is 804. The first-order valence-corrected chi connectivity index (χ1v) is 10.2. The number of rotatable bonds is 2. The maximum absolute atomic E-state index is 11.7. The Morgan fingerprint density at radius 2 is 2.00 bits per heavy atom. The van der Waals surface area contributed by atoms with Crippen molar-refractivity contribution in [3.63, 3.8) is 0 Å². The molecule has 1 aromatic carbocycles. The number of nitrogens with zero attached hydrogens (tertiary/aromatic N) is 3. The maximum atomic E-state index is 11.7. The Kier molecular flexibility index (Phi) is 4.33. The molecule has 3 rings (SSSR count). The monoisotopic (exact) mass is 359 g/mol. The van der Waals surface area contributed by atoms with Gasteiger partial charge in [0, 0.05) is 31.2 Å². The molecule has 0 bridgehead atoms. The summed E-state index contributed by atoms with van der Waals surface area (Å²) in [5.74, 6) is 0. The number of hydrogen-bond acceptors (Lipinski definition) is 5. The predicted molar refractivity (Wildman–Crippen MR) is 92.6 cm³/mol. The van der Waals surface area contributed by atoms with Crippen molar-refractivity contribution in [3.05, 3.63) is 22.7 Å². The zero-order chi connectivity index (χ0) is 15.9. The van der Waals surface area contributed by atoms with E-state index in [1.807, 2.05) is 19.1 Å². The Balaban J connectivity index is 1.87. The average Bonchev–Trinajstić information content (AvgIpc) is 2.71. The van der Waals surface area contributed by atoms with Crippen LogP contribution in [0.4, 0.5) is 5.13 Å². The summed E-state index contributed by atoms with van der Waals surface area (Å²) < 4.78 is 26.0. The number of benzene rings is 1. The van der Waals surface area contributed by atoms with Gasteiger partial charge in [0.25, 0.3) is 0 Å². The molecule has 0 radical (unpaired) electrons. The molecule has 0 N–H and O–H groups in total. The van der Waals surface area contributed by atoms with Gasteiger partial charge in [-0.1, -0.05) is 22.9 Å². The number of sulfonamides is 1. The first kappa shape index (κ1) is 16.0. The van der Waals surface area contributed by atoms with E-state index in [0.717, 1.165) is 38.9 Å². The summed E-state index contributed by atoms with van der Waals surface area (Å²) in [6.45, 7) is 4.54. The lowest BCUT2D eigenvalue weighted by Crippen LogP contribution is -2.34. The number of aryl methyl sites for hydroxylation is 1. The molecule has 5 nitrogen and oxygen atoms in total. The number of fused-ring (bicyclic) bond motifs is 1. The van der Waals surface area contributed by atoms with Gasteiger partial charge in [0.1, 0.15) is 0 Å². The second kappa shape index (κ2) is 5.96. The first-order chi connectivity index (χ1) is 10.4. The number of halogens is 1. The normalized spacial score (nSPS) is 17.9.